The SMILES string of the molecule is CNC1CCCCCCC1S(=O)CCOC. The molecule has 4 heteroatoms. The van der Waals surface area contributed by atoms with Gasteiger partial charge in [0.2, 0.25) is 0 Å². The maximum absolute atomic E-state index is 12.2. The molecule has 1 saturated carbocycles. The Morgan fingerprint density at radius 3 is 2.56 bits per heavy atom. The molecule has 0 aromatic rings. The molecule has 96 valence electrons. The van der Waals surface area contributed by atoms with Gasteiger partial charge in [-0.2, -0.15) is 0 Å². The van der Waals surface area contributed by atoms with Crippen LogP contribution in [0.25, 0.3) is 0 Å². The Labute approximate surface area is 102 Å². The zero-order valence-corrected chi connectivity index (χ0v) is 11.4. The normalized spacial score (nSPS) is 29.4. The molecule has 0 radical (unpaired) electrons. The highest BCUT2D eigenvalue weighted by atomic mass is 32.2. The van der Waals surface area contributed by atoms with Gasteiger partial charge < -0.3 is 10.1 Å². The number of ether oxygens (including phenoxy) is 1. The Bertz CT molecular complexity index is 211. The fourth-order valence-electron chi connectivity index (χ4n) is 2.41. The second-order valence-electron chi connectivity index (χ2n) is 4.50. The highest BCUT2D eigenvalue weighted by Crippen LogP contribution is 2.21. The molecule has 3 nitrogen and oxygen atoms in total. The smallest absolute Gasteiger partial charge is 0.0577 e. The lowest BCUT2D eigenvalue weighted by atomic mass is 9.96. The number of nitrogens with one attached hydrogen (secondary N) is 1. The molecule has 1 aliphatic rings. The van der Waals surface area contributed by atoms with Crippen molar-refractivity contribution >= 4 is 10.8 Å². The summed E-state index contributed by atoms with van der Waals surface area (Å²) in [5, 5.41) is 3.67. The maximum atomic E-state index is 12.2. The number of hydrogen-bond acceptors (Lipinski definition) is 3. The molecule has 0 aromatic carbocycles. The predicted molar refractivity (Wildman–Crippen MR) is 69.2 cm³/mol. The largest absolute Gasteiger partial charge is 0.384 e. The van der Waals surface area contributed by atoms with E-state index in [1.54, 1.807) is 7.11 Å². The lowest BCUT2D eigenvalue weighted by Gasteiger charge is -2.28. The van der Waals surface area contributed by atoms with Gasteiger partial charge >= 0.3 is 0 Å². The van der Waals surface area contributed by atoms with Gasteiger partial charge in [0.1, 0.15) is 0 Å². The first-order valence-electron chi connectivity index (χ1n) is 6.33. The van der Waals surface area contributed by atoms with E-state index >= 15 is 0 Å². The molecule has 0 bridgehead atoms. The fraction of sp³-hybridized carbons (Fsp3) is 1.00. The van der Waals surface area contributed by atoms with Crippen molar-refractivity contribution in [3.05, 3.63) is 0 Å². The van der Waals surface area contributed by atoms with Crippen LogP contribution in [0.3, 0.4) is 0 Å². The lowest BCUT2D eigenvalue weighted by Crippen LogP contribution is -2.42. The third-order valence-corrected chi connectivity index (χ3v) is 5.21. The molecule has 3 atom stereocenters. The third kappa shape index (κ3) is 4.52. The van der Waals surface area contributed by atoms with Gasteiger partial charge in [-0.25, -0.2) is 0 Å². The van der Waals surface area contributed by atoms with Gasteiger partial charge in [-0.05, 0) is 19.9 Å². The molecule has 0 amide bonds. The molecule has 0 heterocycles. The first-order valence-corrected chi connectivity index (χ1v) is 7.71. The maximum Gasteiger partial charge on any atom is 0.0577 e. The number of methoxy groups -OCH3 is 1. The van der Waals surface area contributed by atoms with E-state index in [-0.39, 0.29) is 0 Å². The molecule has 0 aliphatic heterocycles. The van der Waals surface area contributed by atoms with Crippen molar-refractivity contribution in [3.63, 3.8) is 0 Å². The summed E-state index contributed by atoms with van der Waals surface area (Å²) in [5.41, 5.74) is 0. The van der Waals surface area contributed by atoms with Crippen LogP contribution < -0.4 is 5.32 Å². The quantitative estimate of drug-likeness (QED) is 0.803. The van der Waals surface area contributed by atoms with Gasteiger partial charge in [0.05, 0.1) is 11.9 Å². The third-order valence-electron chi connectivity index (χ3n) is 3.40. The van der Waals surface area contributed by atoms with E-state index in [9.17, 15) is 4.21 Å². The summed E-state index contributed by atoms with van der Waals surface area (Å²) in [6.45, 7) is 0.611. The monoisotopic (exact) mass is 247 g/mol. The average molecular weight is 247 g/mol. The molecule has 1 N–H and O–H groups in total. The van der Waals surface area contributed by atoms with Gasteiger partial charge in [0.25, 0.3) is 0 Å². The van der Waals surface area contributed by atoms with Gasteiger partial charge in [-0.15, -0.1) is 0 Å². The zero-order chi connectivity index (χ0) is 11.8. The average Bonchev–Trinajstić information content (AvgIpc) is 2.26. The summed E-state index contributed by atoms with van der Waals surface area (Å²) >= 11 is 0. The topological polar surface area (TPSA) is 38.3 Å². The molecule has 0 saturated heterocycles. The predicted octanol–water partition coefficient (Wildman–Crippen LogP) is 1.69. The van der Waals surface area contributed by atoms with Crippen molar-refractivity contribution in [1.82, 2.24) is 5.32 Å². The minimum atomic E-state index is -0.743. The van der Waals surface area contributed by atoms with Crippen LogP contribution in [0.1, 0.15) is 38.5 Å². The standard InChI is InChI=1S/C12H25NO2S/c1-13-11-7-5-3-4-6-8-12(11)16(14)10-9-15-2/h11-13H,3-10H2,1-2H3. The van der Waals surface area contributed by atoms with Crippen LogP contribution in [0.5, 0.6) is 0 Å². The van der Waals surface area contributed by atoms with Crippen LogP contribution in [-0.4, -0.2) is 42.0 Å². The highest BCUT2D eigenvalue weighted by molar-refractivity contribution is 7.85. The summed E-state index contributed by atoms with van der Waals surface area (Å²) in [4.78, 5) is 0. The van der Waals surface area contributed by atoms with Crippen molar-refractivity contribution in [2.75, 3.05) is 26.5 Å². The Kier molecular flexibility index (Phi) is 7.25. The molecular formula is C12H25NO2S. The number of rotatable bonds is 5. The molecule has 16 heavy (non-hydrogen) atoms. The first kappa shape index (κ1) is 14.1. The Hall–Kier alpha value is 0.0700. The molecule has 1 rings (SSSR count). The minimum Gasteiger partial charge on any atom is -0.384 e. The van der Waals surface area contributed by atoms with Crippen LogP contribution >= 0.6 is 0 Å². The molecule has 0 spiro atoms. The molecule has 1 fully saturated rings. The Morgan fingerprint density at radius 1 is 1.25 bits per heavy atom. The highest BCUT2D eigenvalue weighted by Gasteiger charge is 2.26. The Balaban J connectivity index is 2.51. The van der Waals surface area contributed by atoms with E-state index in [0.717, 1.165) is 6.42 Å². The van der Waals surface area contributed by atoms with Crippen LogP contribution in [0.4, 0.5) is 0 Å². The van der Waals surface area contributed by atoms with Crippen molar-refractivity contribution in [1.29, 1.82) is 0 Å². The van der Waals surface area contributed by atoms with E-state index in [1.165, 1.54) is 32.1 Å². The van der Waals surface area contributed by atoms with Crippen molar-refractivity contribution in [3.8, 4) is 0 Å². The molecule has 0 aromatic heterocycles. The summed E-state index contributed by atoms with van der Waals surface area (Å²) in [6.07, 6.45) is 7.39. The summed E-state index contributed by atoms with van der Waals surface area (Å²) < 4.78 is 17.2. The molecule has 3 unspecified atom stereocenters. The van der Waals surface area contributed by atoms with E-state index in [0.29, 0.717) is 23.7 Å². The van der Waals surface area contributed by atoms with Gasteiger partial charge in [-0.1, -0.05) is 25.7 Å². The van der Waals surface area contributed by atoms with Gasteiger partial charge in [0.15, 0.2) is 0 Å². The first-order chi connectivity index (χ1) is 7.79. The van der Waals surface area contributed by atoms with E-state index < -0.39 is 10.8 Å². The van der Waals surface area contributed by atoms with E-state index in [2.05, 4.69) is 5.32 Å². The van der Waals surface area contributed by atoms with Gasteiger partial charge in [0, 0.05) is 29.7 Å². The van der Waals surface area contributed by atoms with E-state index in [1.807, 2.05) is 7.05 Å². The van der Waals surface area contributed by atoms with Crippen LogP contribution in [0.15, 0.2) is 0 Å². The zero-order valence-electron chi connectivity index (χ0n) is 10.5. The van der Waals surface area contributed by atoms with E-state index in [4.69, 9.17) is 4.74 Å². The van der Waals surface area contributed by atoms with Gasteiger partial charge in [-0.3, -0.25) is 4.21 Å². The van der Waals surface area contributed by atoms with Crippen molar-refractivity contribution in [2.45, 2.75) is 49.8 Å². The fourth-order valence-corrected chi connectivity index (χ4v) is 4.11. The van der Waals surface area contributed by atoms with Crippen LogP contribution in [0.2, 0.25) is 0 Å². The summed E-state index contributed by atoms with van der Waals surface area (Å²) in [6, 6.07) is 0.429. The lowest BCUT2D eigenvalue weighted by molar-refractivity contribution is 0.217. The van der Waals surface area contributed by atoms with Crippen molar-refractivity contribution in [2.24, 2.45) is 0 Å². The second kappa shape index (κ2) is 8.20. The number of hydrogen-bond donors (Lipinski definition) is 1. The van der Waals surface area contributed by atoms with Crippen LogP contribution in [0, 0.1) is 0 Å². The molecular weight excluding hydrogens is 222 g/mol. The van der Waals surface area contributed by atoms with Crippen molar-refractivity contribution < 1.29 is 8.95 Å². The van der Waals surface area contributed by atoms with Crippen LogP contribution in [-0.2, 0) is 15.5 Å². The second-order valence-corrected chi connectivity index (χ2v) is 6.28. The summed E-state index contributed by atoms with van der Waals surface area (Å²) in [7, 11) is 2.92. The minimum absolute atomic E-state index is 0.320. The molecule has 1 aliphatic carbocycles. The Morgan fingerprint density at radius 2 is 1.94 bits per heavy atom. The summed E-state index contributed by atoms with van der Waals surface area (Å²) in [5.74, 6) is 0.680.